The maximum absolute atomic E-state index is 13.9. The fraction of sp³-hybridized carbons (Fsp3) is 0.200. The molecule has 0 fully saturated rings. The van der Waals surface area contributed by atoms with Crippen LogP contribution in [0.2, 0.25) is 5.02 Å². The van der Waals surface area contributed by atoms with Crippen molar-refractivity contribution in [2.75, 3.05) is 13.9 Å². The maximum atomic E-state index is 13.9. The molecule has 2 aliphatic rings. The van der Waals surface area contributed by atoms with E-state index in [0.29, 0.717) is 33.5 Å². The molecule has 0 radical (unpaired) electrons. The van der Waals surface area contributed by atoms with E-state index in [4.69, 9.17) is 36.3 Å². The standard InChI is InChI=1S/C25H21ClN2O6/c1-13-8-19-21(24(29)28(13)11-14-6-7-17-18(9-14)33-12-32-17)20(15-4-3-5-16(26)10-15)22(23(27)34-19)25(30)31-2/h3-10,20H,11-12,27H2,1-2H3/t20-/m0/s1. The lowest BCUT2D eigenvalue weighted by Gasteiger charge is -2.29. The summed E-state index contributed by atoms with van der Waals surface area (Å²) in [6, 6.07) is 14.2. The van der Waals surface area contributed by atoms with Crippen molar-refractivity contribution in [1.29, 1.82) is 0 Å². The lowest BCUT2D eigenvalue weighted by atomic mass is 9.83. The summed E-state index contributed by atoms with van der Waals surface area (Å²) in [5.41, 5.74) is 8.30. The lowest BCUT2D eigenvalue weighted by molar-refractivity contribution is -0.136. The van der Waals surface area contributed by atoms with Gasteiger partial charge in [-0.25, -0.2) is 4.79 Å². The van der Waals surface area contributed by atoms with Gasteiger partial charge in [0.15, 0.2) is 11.5 Å². The van der Waals surface area contributed by atoms with E-state index in [9.17, 15) is 9.59 Å². The molecule has 9 heteroatoms. The third-order valence-electron chi connectivity index (χ3n) is 5.93. The normalized spacial score (nSPS) is 16.1. The predicted molar refractivity (Wildman–Crippen MR) is 124 cm³/mol. The molecule has 0 unspecified atom stereocenters. The maximum Gasteiger partial charge on any atom is 0.340 e. The van der Waals surface area contributed by atoms with Gasteiger partial charge in [-0.1, -0.05) is 29.8 Å². The first kappa shape index (κ1) is 21.9. The van der Waals surface area contributed by atoms with Crippen LogP contribution in [0.4, 0.5) is 0 Å². The van der Waals surface area contributed by atoms with Crippen LogP contribution in [0.5, 0.6) is 17.2 Å². The van der Waals surface area contributed by atoms with E-state index >= 15 is 0 Å². The molecule has 0 amide bonds. The molecule has 2 N–H and O–H groups in total. The summed E-state index contributed by atoms with van der Waals surface area (Å²) < 4.78 is 23.2. The van der Waals surface area contributed by atoms with Crippen molar-refractivity contribution < 1.29 is 23.7 Å². The molecule has 0 saturated heterocycles. The Kier molecular flexibility index (Phi) is 5.45. The Labute approximate surface area is 200 Å². The van der Waals surface area contributed by atoms with Gasteiger partial charge in [0.1, 0.15) is 11.3 Å². The van der Waals surface area contributed by atoms with Crippen LogP contribution < -0.4 is 25.5 Å². The van der Waals surface area contributed by atoms with E-state index in [1.54, 1.807) is 34.9 Å². The second-order valence-electron chi connectivity index (χ2n) is 8.00. The number of benzene rings is 2. The summed E-state index contributed by atoms with van der Waals surface area (Å²) in [7, 11) is 1.25. The molecular weight excluding hydrogens is 460 g/mol. The molecule has 2 aliphatic heterocycles. The molecule has 3 aromatic rings. The minimum Gasteiger partial charge on any atom is -0.465 e. The van der Waals surface area contributed by atoms with Gasteiger partial charge in [0.2, 0.25) is 12.7 Å². The number of nitrogens with two attached hydrogens (primary N) is 1. The van der Waals surface area contributed by atoms with Crippen molar-refractivity contribution in [3.8, 4) is 17.2 Å². The molecule has 34 heavy (non-hydrogen) atoms. The van der Waals surface area contributed by atoms with Crippen LogP contribution in [0, 0.1) is 6.92 Å². The summed E-state index contributed by atoms with van der Waals surface area (Å²) in [6.45, 7) is 2.26. The molecule has 5 rings (SSSR count). The summed E-state index contributed by atoms with van der Waals surface area (Å²) in [5, 5.41) is 0.459. The van der Waals surface area contributed by atoms with E-state index in [-0.39, 0.29) is 35.9 Å². The smallest absolute Gasteiger partial charge is 0.340 e. The van der Waals surface area contributed by atoms with Crippen molar-refractivity contribution in [2.45, 2.75) is 19.4 Å². The fourth-order valence-electron chi connectivity index (χ4n) is 4.33. The first-order chi connectivity index (χ1) is 16.4. The third kappa shape index (κ3) is 3.66. The highest BCUT2D eigenvalue weighted by molar-refractivity contribution is 6.30. The minimum atomic E-state index is -0.814. The quantitative estimate of drug-likeness (QED) is 0.570. The molecule has 0 aliphatic carbocycles. The van der Waals surface area contributed by atoms with E-state index in [1.165, 1.54) is 7.11 Å². The number of aryl methyl sites for hydroxylation is 1. The van der Waals surface area contributed by atoms with Crippen molar-refractivity contribution in [1.82, 2.24) is 4.57 Å². The number of fused-ring (bicyclic) bond motifs is 2. The number of hydrogen-bond acceptors (Lipinski definition) is 7. The highest BCUT2D eigenvalue weighted by Gasteiger charge is 2.38. The minimum absolute atomic E-state index is 0.0489. The number of carbonyl (C=O) groups is 1. The Balaban J connectivity index is 1.67. The Morgan fingerprint density at radius 1 is 1.15 bits per heavy atom. The van der Waals surface area contributed by atoms with Crippen LogP contribution in [-0.2, 0) is 16.1 Å². The number of esters is 1. The molecule has 3 heterocycles. The van der Waals surface area contributed by atoms with Gasteiger partial charge >= 0.3 is 5.97 Å². The summed E-state index contributed by atoms with van der Waals surface area (Å²) in [4.78, 5) is 26.6. The number of hydrogen-bond donors (Lipinski definition) is 1. The SMILES string of the molecule is COC(=O)C1=C(N)Oc2cc(C)n(Cc3ccc4c(c3)OCO4)c(=O)c2[C@@H]1c1cccc(Cl)c1. The van der Waals surface area contributed by atoms with Gasteiger partial charge in [-0.2, -0.15) is 0 Å². The monoisotopic (exact) mass is 480 g/mol. The Morgan fingerprint density at radius 2 is 1.94 bits per heavy atom. The van der Waals surface area contributed by atoms with E-state index in [1.807, 2.05) is 25.1 Å². The molecule has 174 valence electrons. The third-order valence-corrected chi connectivity index (χ3v) is 6.17. The summed E-state index contributed by atoms with van der Waals surface area (Å²) in [5.74, 6) is -0.0290. The van der Waals surface area contributed by atoms with Gasteiger partial charge in [-0.05, 0) is 42.3 Å². The number of nitrogens with zero attached hydrogens (tertiary/aromatic N) is 1. The zero-order chi connectivity index (χ0) is 24.0. The summed E-state index contributed by atoms with van der Waals surface area (Å²) >= 11 is 6.24. The molecule has 8 nitrogen and oxygen atoms in total. The van der Waals surface area contributed by atoms with E-state index in [2.05, 4.69) is 0 Å². The van der Waals surface area contributed by atoms with Gasteiger partial charge < -0.3 is 29.2 Å². The highest BCUT2D eigenvalue weighted by Crippen LogP contribution is 2.42. The van der Waals surface area contributed by atoms with Crippen LogP contribution >= 0.6 is 11.6 Å². The Morgan fingerprint density at radius 3 is 2.71 bits per heavy atom. The van der Waals surface area contributed by atoms with Gasteiger partial charge in [0, 0.05) is 16.8 Å². The number of carbonyl (C=O) groups excluding carboxylic acids is 1. The van der Waals surface area contributed by atoms with Gasteiger partial charge in [0.25, 0.3) is 5.56 Å². The van der Waals surface area contributed by atoms with Gasteiger partial charge in [0.05, 0.1) is 25.1 Å². The zero-order valence-corrected chi connectivity index (χ0v) is 19.2. The molecule has 0 bridgehead atoms. The first-order valence-electron chi connectivity index (χ1n) is 10.5. The highest BCUT2D eigenvalue weighted by atomic mass is 35.5. The van der Waals surface area contributed by atoms with Gasteiger partial charge in [-0.3, -0.25) is 4.79 Å². The molecule has 0 spiro atoms. The number of methoxy groups -OCH3 is 1. The zero-order valence-electron chi connectivity index (χ0n) is 18.5. The van der Waals surface area contributed by atoms with Gasteiger partial charge in [-0.15, -0.1) is 0 Å². The molecule has 1 aromatic heterocycles. The first-order valence-corrected chi connectivity index (χ1v) is 10.9. The van der Waals surface area contributed by atoms with Crippen LogP contribution in [0.1, 0.15) is 28.3 Å². The fourth-order valence-corrected chi connectivity index (χ4v) is 4.53. The average molecular weight is 481 g/mol. The van der Waals surface area contributed by atoms with E-state index < -0.39 is 11.9 Å². The van der Waals surface area contributed by atoms with Crippen LogP contribution in [-0.4, -0.2) is 24.4 Å². The number of ether oxygens (including phenoxy) is 4. The van der Waals surface area contributed by atoms with Crippen molar-refractivity contribution in [3.63, 3.8) is 0 Å². The number of pyridine rings is 1. The Hall–Kier alpha value is -3.91. The van der Waals surface area contributed by atoms with Crippen LogP contribution in [0.15, 0.2) is 64.8 Å². The number of halogens is 1. The topological polar surface area (TPSA) is 102 Å². The number of aromatic nitrogens is 1. The molecule has 0 saturated carbocycles. The largest absolute Gasteiger partial charge is 0.465 e. The van der Waals surface area contributed by atoms with Crippen LogP contribution in [0.3, 0.4) is 0 Å². The summed E-state index contributed by atoms with van der Waals surface area (Å²) in [6.07, 6.45) is 0. The second kappa shape index (κ2) is 8.46. The number of rotatable bonds is 4. The van der Waals surface area contributed by atoms with Crippen LogP contribution in [0.25, 0.3) is 0 Å². The van der Waals surface area contributed by atoms with Crippen molar-refractivity contribution in [2.24, 2.45) is 5.73 Å². The van der Waals surface area contributed by atoms with Crippen molar-refractivity contribution >= 4 is 17.6 Å². The predicted octanol–water partition coefficient (Wildman–Crippen LogP) is 3.45. The second-order valence-corrected chi connectivity index (χ2v) is 8.44. The lowest BCUT2D eigenvalue weighted by Crippen LogP contribution is -2.35. The Bertz CT molecular complexity index is 1410. The molecule has 1 atom stereocenters. The average Bonchev–Trinajstić information content (AvgIpc) is 3.28. The molecule has 2 aromatic carbocycles. The molecular formula is C25H21ClN2O6. The van der Waals surface area contributed by atoms with Crippen molar-refractivity contribution in [3.05, 3.63) is 97.7 Å². The van der Waals surface area contributed by atoms with E-state index in [0.717, 1.165) is 5.56 Å².